The zero-order valence-corrected chi connectivity index (χ0v) is 8.54. The number of hydrogen-bond donors (Lipinski definition) is 0. The van der Waals surface area contributed by atoms with Crippen molar-refractivity contribution in [3.63, 3.8) is 0 Å². The molecule has 14 heavy (non-hydrogen) atoms. The zero-order chi connectivity index (χ0) is 10.6. The molecule has 0 bridgehead atoms. The van der Waals surface area contributed by atoms with Crippen LogP contribution in [0, 0.1) is 6.92 Å². The molecular formula is C12H14O2. The van der Waals surface area contributed by atoms with Crippen LogP contribution >= 0.6 is 0 Å². The summed E-state index contributed by atoms with van der Waals surface area (Å²) in [5.74, 6) is 0.646. The lowest BCUT2D eigenvalue weighted by Gasteiger charge is -2.08. The summed E-state index contributed by atoms with van der Waals surface area (Å²) in [4.78, 5) is 10.6. The van der Waals surface area contributed by atoms with Gasteiger partial charge in [0.1, 0.15) is 12.0 Å². The van der Waals surface area contributed by atoms with Crippen LogP contribution in [0.25, 0.3) is 5.76 Å². The molecule has 1 rings (SSSR count). The standard InChI is InChI=1S/C12H14O2/c1-4-14-10(3)11-5-6-12(8-13)9(2)7-11/h5-8H,3-4H2,1-2H3. The van der Waals surface area contributed by atoms with E-state index >= 15 is 0 Å². The second-order valence-electron chi connectivity index (χ2n) is 3.05. The fraction of sp³-hybridized carbons (Fsp3) is 0.250. The van der Waals surface area contributed by atoms with Crippen LogP contribution in [0.2, 0.25) is 0 Å². The van der Waals surface area contributed by atoms with Crippen molar-refractivity contribution in [1.82, 2.24) is 0 Å². The second kappa shape index (κ2) is 4.61. The number of hydrogen-bond acceptors (Lipinski definition) is 2. The molecule has 0 aromatic heterocycles. The van der Waals surface area contributed by atoms with Gasteiger partial charge in [0.15, 0.2) is 0 Å². The van der Waals surface area contributed by atoms with Crippen LogP contribution in [-0.2, 0) is 4.74 Å². The quantitative estimate of drug-likeness (QED) is 0.539. The van der Waals surface area contributed by atoms with E-state index in [1.807, 2.05) is 26.0 Å². The Morgan fingerprint density at radius 2 is 2.29 bits per heavy atom. The van der Waals surface area contributed by atoms with E-state index < -0.39 is 0 Å². The van der Waals surface area contributed by atoms with Crippen molar-refractivity contribution in [1.29, 1.82) is 0 Å². The molecule has 2 nitrogen and oxygen atoms in total. The first-order valence-electron chi connectivity index (χ1n) is 4.57. The van der Waals surface area contributed by atoms with Crippen molar-refractivity contribution in [3.8, 4) is 0 Å². The summed E-state index contributed by atoms with van der Waals surface area (Å²) < 4.78 is 5.27. The normalized spacial score (nSPS) is 9.57. The fourth-order valence-corrected chi connectivity index (χ4v) is 1.24. The summed E-state index contributed by atoms with van der Waals surface area (Å²) in [5.41, 5.74) is 2.58. The lowest BCUT2D eigenvalue weighted by atomic mass is 10.1. The molecule has 2 heteroatoms. The topological polar surface area (TPSA) is 26.3 Å². The van der Waals surface area contributed by atoms with Crippen LogP contribution in [0.1, 0.15) is 28.4 Å². The first-order chi connectivity index (χ1) is 6.69. The van der Waals surface area contributed by atoms with Gasteiger partial charge in [-0.15, -0.1) is 0 Å². The van der Waals surface area contributed by atoms with Crippen molar-refractivity contribution in [3.05, 3.63) is 41.5 Å². The van der Waals surface area contributed by atoms with Gasteiger partial charge in [-0.2, -0.15) is 0 Å². The van der Waals surface area contributed by atoms with E-state index in [1.54, 1.807) is 6.07 Å². The molecule has 0 heterocycles. The third-order valence-electron chi connectivity index (χ3n) is 2.04. The Labute approximate surface area is 84.2 Å². The Morgan fingerprint density at radius 1 is 1.57 bits per heavy atom. The summed E-state index contributed by atoms with van der Waals surface area (Å²) in [6.45, 7) is 8.22. The maximum atomic E-state index is 10.6. The molecule has 0 spiro atoms. The summed E-state index contributed by atoms with van der Waals surface area (Å²) in [6.07, 6.45) is 0.850. The predicted octanol–water partition coefficient (Wildman–Crippen LogP) is 2.81. The zero-order valence-electron chi connectivity index (χ0n) is 8.54. The lowest BCUT2D eigenvalue weighted by Crippen LogP contribution is -1.93. The van der Waals surface area contributed by atoms with Crippen molar-refractivity contribution in [2.45, 2.75) is 13.8 Å². The summed E-state index contributed by atoms with van der Waals surface area (Å²) >= 11 is 0. The maximum Gasteiger partial charge on any atom is 0.150 e. The Balaban J connectivity index is 2.96. The number of ether oxygens (including phenoxy) is 1. The van der Waals surface area contributed by atoms with E-state index in [0.29, 0.717) is 17.9 Å². The highest BCUT2D eigenvalue weighted by molar-refractivity contribution is 5.78. The third-order valence-corrected chi connectivity index (χ3v) is 2.04. The molecule has 0 aliphatic heterocycles. The van der Waals surface area contributed by atoms with Gasteiger partial charge in [0.25, 0.3) is 0 Å². The van der Waals surface area contributed by atoms with Gasteiger partial charge in [-0.1, -0.05) is 18.7 Å². The highest BCUT2D eigenvalue weighted by Gasteiger charge is 2.02. The molecule has 1 aromatic carbocycles. The molecule has 0 saturated heterocycles. The third kappa shape index (κ3) is 2.22. The van der Waals surface area contributed by atoms with Crippen molar-refractivity contribution >= 4 is 12.0 Å². The minimum absolute atomic E-state index is 0.604. The number of rotatable bonds is 4. The minimum Gasteiger partial charge on any atom is -0.494 e. The van der Waals surface area contributed by atoms with Crippen LogP contribution < -0.4 is 0 Å². The van der Waals surface area contributed by atoms with Gasteiger partial charge < -0.3 is 4.74 Å². The van der Waals surface area contributed by atoms with Crippen molar-refractivity contribution < 1.29 is 9.53 Å². The van der Waals surface area contributed by atoms with Crippen LogP contribution in [0.15, 0.2) is 24.8 Å². The molecule has 0 amide bonds. The molecule has 1 aromatic rings. The molecule has 0 saturated carbocycles. The molecule has 0 atom stereocenters. The van der Waals surface area contributed by atoms with Crippen LogP contribution in [-0.4, -0.2) is 12.9 Å². The van der Waals surface area contributed by atoms with E-state index in [-0.39, 0.29) is 0 Å². The van der Waals surface area contributed by atoms with E-state index in [9.17, 15) is 4.79 Å². The van der Waals surface area contributed by atoms with Gasteiger partial charge in [-0.25, -0.2) is 0 Å². The molecule has 0 fully saturated rings. The van der Waals surface area contributed by atoms with E-state index in [0.717, 1.165) is 17.4 Å². The van der Waals surface area contributed by atoms with E-state index in [1.165, 1.54) is 0 Å². The van der Waals surface area contributed by atoms with Crippen molar-refractivity contribution in [2.24, 2.45) is 0 Å². The van der Waals surface area contributed by atoms with Crippen LogP contribution in [0.5, 0.6) is 0 Å². The Morgan fingerprint density at radius 3 is 2.79 bits per heavy atom. The largest absolute Gasteiger partial charge is 0.494 e. The number of benzene rings is 1. The SMILES string of the molecule is C=C(OCC)c1ccc(C=O)c(C)c1. The highest BCUT2D eigenvalue weighted by Crippen LogP contribution is 2.17. The van der Waals surface area contributed by atoms with Gasteiger partial charge >= 0.3 is 0 Å². The number of carbonyl (C=O) groups is 1. The smallest absolute Gasteiger partial charge is 0.150 e. The molecule has 0 aliphatic carbocycles. The number of aldehydes is 1. The predicted molar refractivity (Wildman–Crippen MR) is 57.2 cm³/mol. The second-order valence-corrected chi connectivity index (χ2v) is 3.05. The fourth-order valence-electron chi connectivity index (χ4n) is 1.24. The van der Waals surface area contributed by atoms with Crippen LogP contribution in [0.3, 0.4) is 0 Å². The minimum atomic E-state index is 0.604. The highest BCUT2D eigenvalue weighted by atomic mass is 16.5. The monoisotopic (exact) mass is 190 g/mol. The average molecular weight is 190 g/mol. The molecule has 74 valence electrons. The van der Waals surface area contributed by atoms with Gasteiger partial charge in [0, 0.05) is 11.1 Å². The molecule has 0 aliphatic rings. The van der Waals surface area contributed by atoms with Crippen molar-refractivity contribution in [2.75, 3.05) is 6.61 Å². The Kier molecular flexibility index (Phi) is 3.46. The Hall–Kier alpha value is -1.57. The van der Waals surface area contributed by atoms with E-state index in [4.69, 9.17) is 4.74 Å². The van der Waals surface area contributed by atoms with Gasteiger partial charge in [0.2, 0.25) is 0 Å². The average Bonchev–Trinajstić information content (AvgIpc) is 2.18. The van der Waals surface area contributed by atoms with Crippen LogP contribution in [0.4, 0.5) is 0 Å². The number of aryl methyl sites for hydroxylation is 1. The molecule has 0 N–H and O–H groups in total. The lowest BCUT2D eigenvalue weighted by molar-refractivity contribution is 0.112. The van der Waals surface area contributed by atoms with Gasteiger partial charge in [0.05, 0.1) is 6.61 Å². The van der Waals surface area contributed by atoms with Gasteiger partial charge in [-0.05, 0) is 25.5 Å². The summed E-state index contributed by atoms with van der Waals surface area (Å²) in [5, 5.41) is 0. The first-order valence-corrected chi connectivity index (χ1v) is 4.57. The van der Waals surface area contributed by atoms with E-state index in [2.05, 4.69) is 6.58 Å². The first kappa shape index (κ1) is 10.5. The molecule has 0 unspecified atom stereocenters. The number of carbonyl (C=O) groups excluding carboxylic acids is 1. The van der Waals surface area contributed by atoms with Gasteiger partial charge in [-0.3, -0.25) is 4.79 Å². The Bertz CT molecular complexity index is 353. The molecular weight excluding hydrogens is 176 g/mol. The molecule has 0 radical (unpaired) electrons. The summed E-state index contributed by atoms with van der Waals surface area (Å²) in [7, 11) is 0. The maximum absolute atomic E-state index is 10.6. The summed E-state index contributed by atoms with van der Waals surface area (Å²) in [6, 6.07) is 5.53.